The number of rotatable bonds is 7. The van der Waals surface area contributed by atoms with Crippen LogP contribution in [0.25, 0.3) is 0 Å². The van der Waals surface area contributed by atoms with E-state index in [4.69, 9.17) is 5.84 Å². The van der Waals surface area contributed by atoms with Crippen LogP contribution in [0.5, 0.6) is 0 Å². The van der Waals surface area contributed by atoms with Gasteiger partial charge in [-0.1, -0.05) is 43.3 Å². The molecule has 1 aromatic heterocycles. The molecule has 7 heteroatoms. The molecule has 0 spiro atoms. The van der Waals surface area contributed by atoms with Crippen LogP contribution >= 0.6 is 11.8 Å². The maximum Gasteiger partial charge on any atom is 0.237 e. The molecule has 0 bridgehead atoms. The monoisotopic (exact) mass is 319 g/mol. The number of nitrogens with zero attached hydrogens (tertiary/aromatic N) is 3. The molecule has 118 valence electrons. The fraction of sp³-hybridized carbons (Fsp3) is 0.400. The number of benzene rings is 1. The summed E-state index contributed by atoms with van der Waals surface area (Å²) in [5, 5.41) is 11.3. The topological polar surface area (TPSA) is 85.8 Å². The van der Waals surface area contributed by atoms with Crippen molar-refractivity contribution >= 4 is 23.4 Å². The van der Waals surface area contributed by atoms with Crippen LogP contribution in [0.3, 0.4) is 0 Å². The molecule has 0 aliphatic rings. The Kier molecular flexibility index (Phi) is 5.83. The molecule has 1 atom stereocenters. The van der Waals surface area contributed by atoms with E-state index >= 15 is 0 Å². The summed E-state index contributed by atoms with van der Waals surface area (Å²) in [4.78, 5) is 12.2. The lowest BCUT2D eigenvalue weighted by Crippen LogP contribution is -2.23. The van der Waals surface area contributed by atoms with Crippen molar-refractivity contribution in [2.75, 3.05) is 11.2 Å². The smallest absolute Gasteiger partial charge is 0.237 e. The molecule has 6 nitrogen and oxygen atoms in total. The SMILES string of the molecule is CCCCc1nnc(S[C@H](C)C(=O)Nc2ccccc2)n1N. The fourth-order valence-corrected chi connectivity index (χ4v) is 2.66. The Morgan fingerprint density at radius 1 is 1.36 bits per heavy atom. The van der Waals surface area contributed by atoms with Crippen molar-refractivity contribution in [2.45, 2.75) is 43.5 Å². The number of aryl methyl sites for hydroxylation is 1. The number of nitrogens with one attached hydrogen (secondary N) is 1. The van der Waals surface area contributed by atoms with Crippen molar-refractivity contribution in [3.63, 3.8) is 0 Å². The van der Waals surface area contributed by atoms with E-state index in [1.165, 1.54) is 16.4 Å². The minimum absolute atomic E-state index is 0.0886. The molecule has 3 N–H and O–H groups in total. The number of aromatic nitrogens is 3. The fourth-order valence-electron chi connectivity index (χ4n) is 1.87. The molecule has 1 amide bonds. The summed E-state index contributed by atoms with van der Waals surface area (Å²) in [5.41, 5.74) is 0.776. The average Bonchev–Trinajstić information content (AvgIpc) is 2.86. The number of thioether (sulfide) groups is 1. The molecule has 0 aliphatic carbocycles. The van der Waals surface area contributed by atoms with Crippen LogP contribution in [0.15, 0.2) is 35.5 Å². The highest BCUT2D eigenvalue weighted by Gasteiger charge is 2.19. The summed E-state index contributed by atoms with van der Waals surface area (Å²) in [6.45, 7) is 3.94. The van der Waals surface area contributed by atoms with Gasteiger partial charge in [-0.15, -0.1) is 10.2 Å². The van der Waals surface area contributed by atoms with Gasteiger partial charge in [-0.05, 0) is 25.5 Å². The van der Waals surface area contributed by atoms with E-state index in [9.17, 15) is 4.79 Å². The minimum Gasteiger partial charge on any atom is -0.336 e. The van der Waals surface area contributed by atoms with Gasteiger partial charge in [0, 0.05) is 12.1 Å². The highest BCUT2D eigenvalue weighted by atomic mass is 32.2. The van der Waals surface area contributed by atoms with Crippen molar-refractivity contribution < 1.29 is 4.79 Å². The van der Waals surface area contributed by atoms with E-state index in [1.54, 1.807) is 0 Å². The Hall–Kier alpha value is -2.02. The third kappa shape index (κ3) is 4.24. The predicted octanol–water partition coefficient (Wildman–Crippen LogP) is 2.45. The molecule has 1 heterocycles. The quantitative estimate of drug-likeness (QED) is 0.605. The summed E-state index contributed by atoms with van der Waals surface area (Å²) in [6, 6.07) is 9.36. The lowest BCUT2D eigenvalue weighted by molar-refractivity contribution is -0.115. The zero-order chi connectivity index (χ0) is 15.9. The zero-order valence-corrected chi connectivity index (χ0v) is 13.6. The Labute approximate surface area is 134 Å². The number of hydrogen-bond acceptors (Lipinski definition) is 5. The van der Waals surface area contributed by atoms with E-state index in [1.807, 2.05) is 37.3 Å². The number of carbonyl (C=O) groups is 1. The minimum atomic E-state index is -0.314. The lowest BCUT2D eigenvalue weighted by Gasteiger charge is -2.11. The van der Waals surface area contributed by atoms with Crippen LogP contribution in [0.2, 0.25) is 0 Å². The van der Waals surface area contributed by atoms with Gasteiger partial charge in [0.25, 0.3) is 0 Å². The molecule has 0 fully saturated rings. The number of nitrogen functional groups attached to an aromatic ring is 1. The first-order valence-electron chi connectivity index (χ1n) is 7.33. The summed E-state index contributed by atoms with van der Waals surface area (Å²) in [5.74, 6) is 6.65. The molecule has 0 saturated carbocycles. The van der Waals surface area contributed by atoms with Gasteiger partial charge in [0.2, 0.25) is 11.1 Å². The van der Waals surface area contributed by atoms with E-state index < -0.39 is 0 Å². The Morgan fingerprint density at radius 2 is 2.09 bits per heavy atom. The van der Waals surface area contributed by atoms with Gasteiger partial charge in [-0.25, -0.2) is 4.68 Å². The van der Waals surface area contributed by atoms with Gasteiger partial charge in [-0.3, -0.25) is 4.79 Å². The van der Waals surface area contributed by atoms with Crippen molar-refractivity contribution in [3.05, 3.63) is 36.2 Å². The average molecular weight is 319 g/mol. The van der Waals surface area contributed by atoms with Gasteiger partial charge in [0.15, 0.2) is 5.82 Å². The van der Waals surface area contributed by atoms with Crippen LogP contribution in [-0.4, -0.2) is 26.0 Å². The third-order valence-electron chi connectivity index (χ3n) is 3.18. The van der Waals surface area contributed by atoms with Crippen molar-refractivity contribution in [2.24, 2.45) is 0 Å². The normalized spacial score (nSPS) is 12.1. The number of para-hydroxylation sites is 1. The standard InChI is InChI=1S/C15H21N5OS/c1-3-4-10-13-18-19-15(20(13)16)22-11(2)14(21)17-12-8-6-5-7-9-12/h5-9,11H,3-4,10,16H2,1-2H3,(H,17,21)/t11-/m1/s1. The number of unbranched alkanes of at least 4 members (excludes halogenated alkanes) is 1. The van der Waals surface area contributed by atoms with Gasteiger partial charge >= 0.3 is 0 Å². The Bertz CT molecular complexity index is 614. The molecule has 2 aromatic rings. The summed E-state index contributed by atoms with van der Waals surface area (Å²) in [6.07, 6.45) is 2.89. The summed E-state index contributed by atoms with van der Waals surface area (Å²) >= 11 is 1.30. The second kappa shape index (κ2) is 7.84. The summed E-state index contributed by atoms with van der Waals surface area (Å²) < 4.78 is 1.48. The van der Waals surface area contributed by atoms with Gasteiger partial charge in [0.05, 0.1) is 5.25 Å². The van der Waals surface area contributed by atoms with Crippen LogP contribution in [0.4, 0.5) is 5.69 Å². The number of nitrogens with two attached hydrogens (primary N) is 1. The highest BCUT2D eigenvalue weighted by Crippen LogP contribution is 2.22. The van der Waals surface area contributed by atoms with E-state index in [0.717, 1.165) is 30.8 Å². The summed E-state index contributed by atoms with van der Waals surface area (Å²) in [7, 11) is 0. The van der Waals surface area contributed by atoms with Gasteiger partial charge in [0.1, 0.15) is 0 Å². The molecular formula is C15H21N5OS. The van der Waals surface area contributed by atoms with Crippen LogP contribution in [-0.2, 0) is 11.2 Å². The predicted molar refractivity (Wildman–Crippen MR) is 89.2 cm³/mol. The number of amides is 1. The molecule has 2 rings (SSSR count). The molecule has 0 saturated heterocycles. The first kappa shape index (κ1) is 16.4. The van der Waals surface area contributed by atoms with E-state index in [-0.39, 0.29) is 11.2 Å². The van der Waals surface area contributed by atoms with Crippen LogP contribution in [0, 0.1) is 0 Å². The third-order valence-corrected chi connectivity index (χ3v) is 4.24. The second-order valence-electron chi connectivity index (χ2n) is 4.99. The van der Waals surface area contributed by atoms with Crippen molar-refractivity contribution in [3.8, 4) is 0 Å². The molecule has 0 unspecified atom stereocenters. The number of anilines is 1. The largest absolute Gasteiger partial charge is 0.336 e. The maximum atomic E-state index is 12.2. The van der Waals surface area contributed by atoms with Gasteiger partial charge < -0.3 is 11.2 Å². The molecule has 22 heavy (non-hydrogen) atoms. The highest BCUT2D eigenvalue weighted by molar-refractivity contribution is 8.00. The van der Waals surface area contributed by atoms with Crippen molar-refractivity contribution in [1.29, 1.82) is 0 Å². The Balaban J connectivity index is 1.95. The van der Waals surface area contributed by atoms with Gasteiger partial charge in [-0.2, -0.15) is 0 Å². The molecule has 0 radical (unpaired) electrons. The number of carbonyl (C=O) groups excluding carboxylic acids is 1. The zero-order valence-electron chi connectivity index (χ0n) is 12.8. The first-order chi connectivity index (χ1) is 10.6. The molecular weight excluding hydrogens is 298 g/mol. The molecule has 1 aromatic carbocycles. The van der Waals surface area contributed by atoms with Crippen LogP contribution in [0.1, 0.15) is 32.5 Å². The first-order valence-corrected chi connectivity index (χ1v) is 8.21. The second-order valence-corrected chi connectivity index (χ2v) is 6.30. The van der Waals surface area contributed by atoms with E-state index in [2.05, 4.69) is 22.4 Å². The number of hydrogen-bond donors (Lipinski definition) is 2. The Morgan fingerprint density at radius 3 is 2.77 bits per heavy atom. The van der Waals surface area contributed by atoms with Crippen LogP contribution < -0.4 is 11.2 Å². The maximum absolute atomic E-state index is 12.2. The van der Waals surface area contributed by atoms with Crippen molar-refractivity contribution in [1.82, 2.24) is 14.9 Å². The molecule has 0 aliphatic heterocycles. The van der Waals surface area contributed by atoms with E-state index in [0.29, 0.717) is 5.16 Å². The lowest BCUT2D eigenvalue weighted by atomic mass is 10.2.